The van der Waals surface area contributed by atoms with Crippen LogP contribution in [0.5, 0.6) is 0 Å². The SMILES string of the molecule is CCN1CCC2(CC1)OCCc1sc(C(=O)N3CCC(OC)CC3)cc12. The van der Waals surface area contributed by atoms with E-state index in [1.165, 1.54) is 10.4 Å². The lowest BCUT2D eigenvalue weighted by atomic mass is 9.82. The van der Waals surface area contributed by atoms with Gasteiger partial charge in [-0.25, -0.2) is 0 Å². The van der Waals surface area contributed by atoms with Crippen LogP contribution in [0.1, 0.15) is 52.7 Å². The van der Waals surface area contributed by atoms with Crippen molar-refractivity contribution in [2.75, 3.05) is 46.4 Å². The molecule has 0 saturated carbocycles. The number of hydrogen-bond acceptors (Lipinski definition) is 5. The quantitative estimate of drug-likeness (QED) is 0.811. The molecular weight excluding hydrogens is 348 g/mol. The highest BCUT2D eigenvalue weighted by Crippen LogP contribution is 2.44. The van der Waals surface area contributed by atoms with Gasteiger partial charge in [0, 0.05) is 44.6 Å². The highest BCUT2D eigenvalue weighted by Gasteiger charge is 2.42. The third kappa shape index (κ3) is 3.33. The zero-order chi connectivity index (χ0) is 18.1. The number of fused-ring (bicyclic) bond motifs is 2. The summed E-state index contributed by atoms with van der Waals surface area (Å²) in [7, 11) is 1.76. The number of carbonyl (C=O) groups excluding carboxylic acids is 1. The molecule has 0 aliphatic carbocycles. The molecule has 2 fully saturated rings. The van der Waals surface area contributed by atoms with Crippen LogP contribution in [0.4, 0.5) is 0 Å². The lowest BCUT2D eigenvalue weighted by Crippen LogP contribution is -2.46. The second-order valence-corrected chi connectivity index (χ2v) is 8.84. The van der Waals surface area contributed by atoms with Crippen molar-refractivity contribution in [1.29, 1.82) is 0 Å². The van der Waals surface area contributed by atoms with Crippen molar-refractivity contribution in [2.24, 2.45) is 0 Å². The first kappa shape index (κ1) is 18.4. The van der Waals surface area contributed by atoms with Crippen molar-refractivity contribution in [3.63, 3.8) is 0 Å². The zero-order valence-corrected chi connectivity index (χ0v) is 16.8. The first-order valence-corrected chi connectivity index (χ1v) is 10.8. The topological polar surface area (TPSA) is 42.0 Å². The monoisotopic (exact) mass is 378 g/mol. The maximum absolute atomic E-state index is 13.0. The first-order valence-electron chi connectivity index (χ1n) is 9.97. The third-order valence-corrected chi connectivity index (χ3v) is 7.57. The smallest absolute Gasteiger partial charge is 0.263 e. The molecule has 0 bridgehead atoms. The van der Waals surface area contributed by atoms with Gasteiger partial charge in [-0.2, -0.15) is 0 Å². The molecule has 144 valence electrons. The van der Waals surface area contributed by atoms with E-state index in [0.717, 1.165) is 76.3 Å². The molecule has 5 nitrogen and oxygen atoms in total. The largest absolute Gasteiger partial charge is 0.381 e. The molecule has 1 spiro atoms. The van der Waals surface area contributed by atoms with Crippen molar-refractivity contribution in [3.05, 3.63) is 21.4 Å². The van der Waals surface area contributed by atoms with Crippen molar-refractivity contribution < 1.29 is 14.3 Å². The van der Waals surface area contributed by atoms with E-state index >= 15 is 0 Å². The average molecular weight is 379 g/mol. The van der Waals surface area contributed by atoms with Gasteiger partial charge < -0.3 is 19.3 Å². The van der Waals surface area contributed by atoms with Gasteiger partial charge in [0.25, 0.3) is 5.91 Å². The van der Waals surface area contributed by atoms with Gasteiger partial charge in [-0.3, -0.25) is 4.79 Å². The normalized spacial score (nSPS) is 24.0. The Morgan fingerprint density at radius 1 is 1.31 bits per heavy atom. The molecule has 0 atom stereocenters. The van der Waals surface area contributed by atoms with Gasteiger partial charge in [-0.1, -0.05) is 6.92 Å². The summed E-state index contributed by atoms with van der Waals surface area (Å²) >= 11 is 1.70. The standard InChI is InChI=1S/C20H30N2O3S/c1-3-21-11-7-20(8-12-21)16-14-18(26-17(16)6-13-25-20)19(23)22-9-4-15(24-2)5-10-22/h14-15H,3-13H2,1-2H3. The number of piperidine rings is 2. The minimum absolute atomic E-state index is 0.155. The molecule has 0 aromatic carbocycles. The van der Waals surface area contributed by atoms with Crippen LogP contribution in [0.2, 0.25) is 0 Å². The Balaban J connectivity index is 1.51. The van der Waals surface area contributed by atoms with Gasteiger partial charge in [0.15, 0.2) is 0 Å². The summed E-state index contributed by atoms with van der Waals surface area (Å²) in [6.07, 6.45) is 5.20. The Morgan fingerprint density at radius 2 is 2.04 bits per heavy atom. The van der Waals surface area contributed by atoms with E-state index in [4.69, 9.17) is 9.47 Å². The van der Waals surface area contributed by atoms with Crippen LogP contribution in [0.3, 0.4) is 0 Å². The lowest BCUT2D eigenvalue weighted by molar-refractivity contribution is -0.0964. The van der Waals surface area contributed by atoms with E-state index < -0.39 is 0 Å². The number of carbonyl (C=O) groups is 1. The van der Waals surface area contributed by atoms with E-state index in [1.807, 2.05) is 4.90 Å². The third-order valence-electron chi connectivity index (χ3n) is 6.39. The summed E-state index contributed by atoms with van der Waals surface area (Å²) in [5, 5.41) is 0. The number of thiophene rings is 1. The molecule has 3 aliphatic rings. The van der Waals surface area contributed by atoms with Crippen LogP contribution < -0.4 is 0 Å². The highest BCUT2D eigenvalue weighted by molar-refractivity contribution is 7.14. The van der Waals surface area contributed by atoms with Gasteiger partial charge in [-0.15, -0.1) is 11.3 Å². The molecule has 6 heteroatoms. The fourth-order valence-electron chi connectivity index (χ4n) is 4.62. The molecule has 4 heterocycles. The summed E-state index contributed by atoms with van der Waals surface area (Å²) in [6.45, 7) is 7.87. The Kier molecular flexibility index (Phi) is 5.37. The van der Waals surface area contributed by atoms with E-state index in [0.29, 0.717) is 6.10 Å². The van der Waals surface area contributed by atoms with Crippen LogP contribution in [0.15, 0.2) is 6.07 Å². The fourth-order valence-corrected chi connectivity index (χ4v) is 5.82. The minimum Gasteiger partial charge on any atom is -0.381 e. The van der Waals surface area contributed by atoms with Crippen LogP contribution in [-0.2, 0) is 21.5 Å². The maximum Gasteiger partial charge on any atom is 0.263 e. The van der Waals surface area contributed by atoms with E-state index in [-0.39, 0.29) is 11.5 Å². The molecule has 1 amide bonds. The van der Waals surface area contributed by atoms with E-state index in [9.17, 15) is 4.79 Å². The summed E-state index contributed by atoms with van der Waals surface area (Å²) < 4.78 is 11.8. The summed E-state index contributed by atoms with van der Waals surface area (Å²) in [6, 6.07) is 2.16. The van der Waals surface area contributed by atoms with Crippen LogP contribution >= 0.6 is 11.3 Å². The van der Waals surface area contributed by atoms with E-state index in [1.54, 1.807) is 18.4 Å². The summed E-state index contributed by atoms with van der Waals surface area (Å²) in [5.41, 5.74) is 1.15. The number of nitrogens with zero attached hydrogens (tertiary/aromatic N) is 2. The Bertz CT molecular complexity index is 643. The van der Waals surface area contributed by atoms with Crippen molar-refractivity contribution in [1.82, 2.24) is 9.80 Å². The first-order chi connectivity index (χ1) is 12.6. The highest BCUT2D eigenvalue weighted by atomic mass is 32.1. The van der Waals surface area contributed by atoms with Crippen molar-refractivity contribution in [2.45, 2.75) is 50.7 Å². The number of likely N-dealkylation sites (tertiary alicyclic amines) is 2. The number of methoxy groups -OCH3 is 1. The molecule has 0 radical (unpaired) electrons. The van der Waals surface area contributed by atoms with Crippen molar-refractivity contribution in [3.8, 4) is 0 Å². The summed E-state index contributed by atoms with van der Waals surface area (Å²) in [4.78, 5) is 19.8. The number of amides is 1. The molecule has 3 aliphatic heterocycles. The predicted octanol–water partition coefficient (Wildman–Crippen LogP) is 2.88. The number of hydrogen-bond donors (Lipinski definition) is 0. The second kappa shape index (κ2) is 7.58. The zero-order valence-electron chi connectivity index (χ0n) is 16.0. The maximum atomic E-state index is 13.0. The Morgan fingerprint density at radius 3 is 2.69 bits per heavy atom. The van der Waals surface area contributed by atoms with Crippen LogP contribution in [0, 0.1) is 0 Å². The van der Waals surface area contributed by atoms with Gasteiger partial charge in [0.1, 0.15) is 0 Å². The average Bonchev–Trinajstić information content (AvgIpc) is 3.14. The Hall–Kier alpha value is -0.950. The number of ether oxygens (including phenoxy) is 2. The molecule has 4 rings (SSSR count). The lowest BCUT2D eigenvalue weighted by Gasteiger charge is -2.43. The molecule has 0 N–H and O–H groups in total. The van der Waals surface area contributed by atoms with Gasteiger partial charge in [-0.05, 0) is 43.9 Å². The minimum atomic E-state index is -0.155. The van der Waals surface area contributed by atoms with Crippen LogP contribution in [-0.4, -0.2) is 68.3 Å². The van der Waals surface area contributed by atoms with Gasteiger partial charge in [0.2, 0.25) is 0 Å². The fraction of sp³-hybridized carbons (Fsp3) is 0.750. The molecular formula is C20H30N2O3S. The van der Waals surface area contributed by atoms with Crippen molar-refractivity contribution >= 4 is 17.2 Å². The molecule has 2 saturated heterocycles. The van der Waals surface area contributed by atoms with Crippen LogP contribution in [0.25, 0.3) is 0 Å². The van der Waals surface area contributed by atoms with Gasteiger partial charge in [0.05, 0.1) is 23.2 Å². The molecule has 26 heavy (non-hydrogen) atoms. The predicted molar refractivity (Wildman–Crippen MR) is 103 cm³/mol. The Labute approximate surface area is 160 Å². The summed E-state index contributed by atoms with van der Waals surface area (Å²) in [5.74, 6) is 0.195. The van der Waals surface area contributed by atoms with E-state index in [2.05, 4.69) is 17.9 Å². The molecule has 1 aromatic rings. The second-order valence-electron chi connectivity index (χ2n) is 7.70. The van der Waals surface area contributed by atoms with Gasteiger partial charge >= 0.3 is 0 Å². The molecule has 1 aromatic heterocycles. The molecule has 0 unspecified atom stereocenters. The number of rotatable bonds is 3.